The lowest BCUT2D eigenvalue weighted by atomic mass is 10.0. The van der Waals surface area contributed by atoms with Crippen LogP contribution in [0.5, 0.6) is 5.75 Å². The minimum absolute atomic E-state index is 0.0589. The Morgan fingerprint density at radius 1 is 1.19 bits per heavy atom. The zero-order chi connectivity index (χ0) is 19.1. The van der Waals surface area contributed by atoms with Crippen molar-refractivity contribution >= 4 is 35.4 Å². The average molecular weight is 401 g/mol. The van der Waals surface area contributed by atoms with Crippen molar-refractivity contribution in [1.29, 1.82) is 0 Å². The first-order valence-corrected chi connectivity index (χ1v) is 8.61. The quantitative estimate of drug-likeness (QED) is 0.729. The molecule has 0 bridgehead atoms. The van der Waals surface area contributed by atoms with Crippen molar-refractivity contribution in [2.75, 3.05) is 0 Å². The van der Waals surface area contributed by atoms with Crippen molar-refractivity contribution in [3.63, 3.8) is 0 Å². The van der Waals surface area contributed by atoms with Crippen molar-refractivity contribution in [2.24, 2.45) is 0 Å². The summed E-state index contributed by atoms with van der Waals surface area (Å²) in [5, 5.41) is 9.49. The first-order valence-electron chi connectivity index (χ1n) is 7.42. The highest BCUT2D eigenvalue weighted by molar-refractivity contribution is 7.99. The normalized spacial score (nSPS) is 16.5. The van der Waals surface area contributed by atoms with Crippen LogP contribution in [0.25, 0.3) is 6.08 Å². The van der Waals surface area contributed by atoms with Crippen LogP contribution in [0.3, 0.4) is 0 Å². The zero-order valence-corrected chi connectivity index (χ0v) is 14.9. The minimum Gasteiger partial charge on any atom is -0.478 e. The minimum atomic E-state index is -4.84. The van der Waals surface area contributed by atoms with E-state index in [-0.39, 0.29) is 11.3 Å². The molecule has 8 heteroatoms. The molecular weight excluding hydrogens is 389 g/mol. The van der Waals surface area contributed by atoms with Crippen LogP contribution in [0.2, 0.25) is 5.02 Å². The number of rotatable bonds is 3. The molecule has 3 nitrogen and oxygen atoms in total. The van der Waals surface area contributed by atoms with Gasteiger partial charge in [0.15, 0.2) is 0 Å². The molecule has 26 heavy (non-hydrogen) atoms. The van der Waals surface area contributed by atoms with Crippen molar-refractivity contribution in [3.8, 4) is 5.75 Å². The molecular formula is C18H12ClF3O3S. The Morgan fingerprint density at radius 3 is 2.42 bits per heavy atom. The van der Waals surface area contributed by atoms with Gasteiger partial charge in [-0.25, -0.2) is 4.79 Å². The molecule has 0 saturated carbocycles. The third kappa shape index (κ3) is 3.68. The van der Waals surface area contributed by atoms with Gasteiger partial charge in [0, 0.05) is 15.4 Å². The molecule has 2 aromatic carbocycles. The van der Waals surface area contributed by atoms with E-state index < -0.39 is 23.8 Å². The number of aryl methyl sites for hydroxylation is 1. The summed E-state index contributed by atoms with van der Waals surface area (Å²) in [6.45, 7) is 1.93. The van der Waals surface area contributed by atoms with Gasteiger partial charge in [0.05, 0.1) is 10.6 Å². The Bertz CT molecular complexity index is 892. The fraction of sp³-hybridized carbons (Fsp3) is 0.167. The van der Waals surface area contributed by atoms with E-state index in [9.17, 15) is 23.1 Å². The monoisotopic (exact) mass is 400 g/mol. The van der Waals surface area contributed by atoms with E-state index in [0.717, 1.165) is 16.5 Å². The summed E-state index contributed by atoms with van der Waals surface area (Å²) in [7, 11) is 0. The molecule has 0 radical (unpaired) electrons. The van der Waals surface area contributed by atoms with E-state index in [0.29, 0.717) is 9.92 Å². The van der Waals surface area contributed by atoms with Crippen LogP contribution in [0, 0.1) is 6.92 Å². The molecule has 0 spiro atoms. The highest BCUT2D eigenvalue weighted by Crippen LogP contribution is 2.45. The molecule has 1 unspecified atom stereocenters. The molecule has 3 rings (SSSR count). The fourth-order valence-corrected chi connectivity index (χ4v) is 3.68. The van der Waals surface area contributed by atoms with Gasteiger partial charge in [0.2, 0.25) is 6.10 Å². The molecule has 0 fully saturated rings. The Kier molecular flexibility index (Phi) is 4.94. The van der Waals surface area contributed by atoms with E-state index >= 15 is 0 Å². The topological polar surface area (TPSA) is 46.5 Å². The predicted octanol–water partition coefficient (Wildman–Crippen LogP) is 5.59. The third-order valence-electron chi connectivity index (χ3n) is 3.72. The summed E-state index contributed by atoms with van der Waals surface area (Å²) in [5.41, 5.74) is 0.402. The molecule has 2 aromatic rings. The lowest BCUT2D eigenvalue weighted by Gasteiger charge is -2.28. The Balaban J connectivity index is 2.10. The van der Waals surface area contributed by atoms with Gasteiger partial charge in [0.25, 0.3) is 0 Å². The maximum Gasteiger partial charge on any atom is 0.430 e. The van der Waals surface area contributed by atoms with E-state index in [1.807, 2.05) is 31.2 Å². The molecule has 0 aliphatic carbocycles. The van der Waals surface area contributed by atoms with Gasteiger partial charge in [-0.15, -0.1) is 0 Å². The Labute approximate surface area is 156 Å². The summed E-state index contributed by atoms with van der Waals surface area (Å²) in [6, 6.07) is 10.2. The van der Waals surface area contributed by atoms with Gasteiger partial charge in [0.1, 0.15) is 5.75 Å². The standard InChI is InChI=1S/C18H12ClF3O3S/c1-9-2-4-10(5-3-9)26-15-11-8-12(17(23)24)16(18(20,21)22)25-14(11)7-6-13(15)19/h2-8,16H,1H3,(H,23,24). The smallest absolute Gasteiger partial charge is 0.430 e. The molecule has 0 saturated heterocycles. The second-order valence-corrected chi connectivity index (χ2v) is 7.14. The van der Waals surface area contributed by atoms with Crippen LogP contribution >= 0.6 is 23.4 Å². The SMILES string of the molecule is Cc1ccc(Sc2c(Cl)ccc3c2C=C(C(=O)O)C(C(F)(F)F)O3)cc1. The fourth-order valence-electron chi connectivity index (χ4n) is 2.46. The highest BCUT2D eigenvalue weighted by Gasteiger charge is 2.48. The van der Waals surface area contributed by atoms with Crippen molar-refractivity contribution < 1.29 is 27.8 Å². The summed E-state index contributed by atoms with van der Waals surface area (Å²) in [5.74, 6) is -1.75. The van der Waals surface area contributed by atoms with Gasteiger partial charge >= 0.3 is 12.1 Å². The molecule has 1 heterocycles. The maximum atomic E-state index is 13.1. The average Bonchev–Trinajstić information content (AvgIpc) is 2.57. The number of aliphatic carboxylic acids is 1. The number of carboxylic acids is 1. The van der Waals surface area contributed by atoms with Gasteiger partial charge in [-0.1, -0.05) is 41.1 Å². The lowest BCUT2D eigenvalue weighted by molar-refractivity contribution is -0.187. The number of alkyl halides is 3. The van der Waals surface area contributed by atoms with Crippen molar-refractivity contribution in [2.45, 2.75) is 29.0 Å². The van der Waals surface area contributed by atoms with Crippen LogP contribution in [0.4, 0.5) is 13.2 Å². The van der Waals surface area contributed by atoms with Gasteiger partial charge in [-0.2, -0.15) is 13.2 Å². The zero-order valence-electron chi connectivity index (χ0n) is 13.3. The molecule has 1 aliphatic rings. The largest absolute Gasteiger partial charge is 0.478 e. The summed E-state index contributed by atoms with van der Waals surface area (Å²) in [4.78, 5) is 12.6. The van der Waals surface area contributed by atoms with Crippen LogP contribution in [-0.2, 0) is 4.79 Å². The highest BCUT2D eigenvalue weighted by atomic mass is 35.5. The van der Waals surface area contributed by atoms with Gasteiger partial charge in [-0.05, 0) is 37.3 Å². The number of ether oxygens (including phenoxy) is 1. The van der Waals surface area contributed by atoms with Crippen LogP contribution < -0.4 is 4.74 Å². The van der Waals surface area contributed by atoms with E-state index in [4.69, 9.17) is 16.3 Å². The van der Waals surface area contributed by atoms with Crippen molar-refractivity contribution in [1.82, 2.24) is 0 Å². The molecule has 1 N–H and O–H groups in total. The van der Waals surface area contributed by atoms with E-state index in [2.05, 4.69) is 0 Å². The molecule has 0 aromatic heterocycles. The Morgan fingerprint density at radius 2 is 1.85 bits per heavy atom. The third-order valence-corrected chi connectivity index (χ3v) is 5.30. The van der Waals surface area contributed by atoms with Crippen molar-refractivity contribution in [3.05, 3.63) is 58.1 Å². The molecule has 1 atom stereocenters. The number of fused-ring (bicyclic) bond motifs is 1. The predicted molar refractivity (Wildman–Crippen MR) is 92.8 cm³/mol. The first-order chi connectivity index (χ1) is 12.2. The van der Waals surface area contributed by atoms with Gasteiger partial charge < -0.3 is 9.84 Å². The molecule has 0 amide bonds. The molecule has 1 aliphatic heterocycles. The van der Waals surface area contributed by atoms with E-state index in [1.54, 1.807) is 0 Å². The number of halogens is 4. The number of benzene rings is 2. The lowest BCUT2D eigenvalue weighted by Crippen LogP contribution is -2.40. The first kappa shape index (κ1) is 18.7. The van der Waals surface area contributed by atoms with E-state index in [1.165, 1.54) is 23.9 Å². The molecule has 136 valence electrons. The van der Waals surface area contributed by atoms with Gasteiger partial charge in [-0.3, -0.25) is 0 Å². The van der Waals surface area contributed by atoms with Crippen LogP contribution in [0.1, 0.15) is 11.1 Å². The maximum absolute atomic E-state index is 13.1. The summed E-state index contributed by atoms with van der Waals surface area (Å²) >= 11 is 7.45. The summed E-state index contributed by atoms with van der Waals surface area (Å²) in [6.07, 6.45) is -6.38. The number of hydrogen-bond acceptors (Lipinski definition) is 3. The second kappa shape index (κ2) is 6.89. The van der Waals surface area contributed by atoms with Crippen LogP contribution in [0.15, 0.2) is 51.8 Å². The van der Waals surface area contributed by atoms with Crippen LogP contribution in [-0.4, -0.2) is 23.4 Å². The second-order valence-electron chi connectivity index (χ2n) is 5.65. The number of carbonyl (C=O) groups is 1. The summed E-state index contributed by atoms with van der Waals surface area (Å²) < 4.78 is 44.4. The number of carboxylic acid groups (broad SMARTS) is 1. The Hall–Kier alpha value is -2.12. The number of hydrogen-bond donors (Lipinski definition) is 1.